The standard InChI is InChI=1S/C18H16ClN3O/c19-15-2-1-3-16(10-15)22-18(23)9-14-6-4-13(5-7-14)8-17-11-20-12-21-17/h1-7,10-12H,8-9H2,(H,20,21)(H,22,23). The maximum absolute atomic E-state index is 12.1. The number of imidazole rings is 1. The van der Waals surface area contributed by atoms with Crippen LogP contribution in [0.3, 0.4) is 0 Å². The Morgan fingerprint density at radius 1 is 1.13 bits per heavy atom. The lowest BCUT2D eigenvalue weighted by Crippen LogP contribution is -2.14. The van der Waals surface area contributed by atoms with Crippen LogP contribution in [0.5, 0.6) is 0 Å². The van der Waals surface area contributed by atoms with E-state index in [1.807, 2.05) is 42.6 Å². The molecule has 0 unspecified atom stereocenters. The van der Waals surface area contributed by atoms with Crippen molar-refractivity contribution in [2.45, 2.75) is 12.8 Å². The summed E-state index contributed by atoms with van der Waals surface area (Å²) in [7, 11) is 0. The summed E-state index contributed by atoms with van der Waals surface area (Å²) < 4.78 is 0. The summed E-state index contributed by atoms with van der Waals surface area (Å²) in [6.07, 6.45) is 4.61. The van der Waals surface area contributed by atoms with E-state index in [0.29, 0.717) is 17.1 Å². The third-order valence-electron chi connectivity index (χ3n) is 3.45. The summed E-state index contributed by atoms with van der Waals surface area (Å²) in [5.74, 6) is -0.0615. The smallest absolute Gasteiger partial charge is 0.228 e. The summed E-state index contributed by atoms with van der Waals surface area (Å²) in [6, 6.07) is 15.1. The van der Waals surface area contributed by atoms with Crippen LogP contribution >= 0.6 is 11.6 Å². The zero-order chi connectivity index (χ0) is 16.1. The third-order valence-corrected chi connectivity index (χ3v) is 3.68. The van der Waals surface area contributed by atoms with Gasteiger partial charge in [0.25, 0.3) is 0 Å². The Balaban J connectivity index is 1.58. The molecule has 0 bridgehead atoms. The molecule has 0 radical (unpaired) electrons. The molecular weight excluding hydrogens is 310 g/mol. The van der Waals surface area contributed by atoms with E-state index < -0.39 is 0 Å². The number of carbonyl (C=O) groups excluding carboxylic acids is 1. The van der Waals surface area contributed by atoms with Crippen LogP contribution in [0.2, 0.25) is 5.02 Å². The molecule has 1 heterocycles. The van der Waals surface area contributed by atoms with Crippen molar-refractivity contribution in [1.29, 1.82) is 0 Å². The molecule has 4 nitrogen and oxygen atoms in total. The van der Waals surface area contributed by atoms with E-state index >= 15 is 0 Å². The normalized spacial score (nSPS) is 10.5. The van der Waals surface area contributed by atoms with Crippen LogP contribution in [-0.2, 0) is 17.6 Å². The van der Waals surface area contributed by atoms with E-state index in [2.05, 4.69) is 15.3 Å². The summed E-state index contributed by atoms with van der Waals surface area (Å²) in [4.78, 5) is 19.1. The van der Waals surface area contributed by atoms with Crippen molar-refractivity contribution in [3.05, 3.63) is 82.9 Å². The first kappa shape index (κ1) is 15.3. The van der Waals surface area contributed by atoms with Gasteiger partial charge in [-0.05, 0) is 29.3 Å². The van der Waals surface area contributed by atoms with Crippen molar-refractivity contribution in [1.82, 2.24) is 9.97 Å². The minimum absolute atomic E-state index is 0.0615. The minimum Gasteiger partial charge on any atom is -0.348 e. The number of hydrogen-bond acceptors (Lipinski definition) is 2. The number of nitrogens with zero attached hydrogens (tertiary/aromatic N) is 1. The quantitative estimate of drug-likeness (QED) is 0.749. The number of aromatic amines is 1. The van der Waals surface area contributed by atoms with Gasteiger partial charge in [-0.15, -0.1) is 0 Å². The second kappa shape index (κ2) is 7.11. The second-order valence-electron chi connectivity index (χ2n) is 5.31. The molecule has 116 valence electrons. The van der Waals surface area contributed by atoms with Crippen LogP contribution in [0.15, 0.2) is 61.1 Å². The minimum atomic E-state index is -0.0615. The van der Waals surface area contributed by atoms with Gasteiger partial charge >= 0.3 is 0 Å². The number of amides is 1. The Morgan fingerprint density at radius 3 is 2.61 bits per heavy atom. The molecule has 23 heavy (non-hydrogen) atoms. The van der Waals surface area contributed by atoms with Crippen molar-refractivity contribution in [2.75, 3.05) is 5.32 Å². The maximum atomic E-state index is 12.1. The Hall–Kier alpha value is -2.59. The zero-order valence-electron chi connectivity index (χ0n) is 12.4. The van der Waals surface area contributed by atoms with Crippen LogP contribution in [-0.4, -0.2) is 15.9 Å². The van der Waals surface area contributed by atoms with Gasteiger partial charge in [0.15, 0.2) is 0 Å². The lowest BCUT2D eigenvalue weighted by molar-refractivity contribution is -0.115. The molecular formula is C18H16ClN3O. The van der Waals surface area contributed by atoms with Gasteiger partial charge in [-0.1, -0.05) is 41.9 Å². The number of hydrogen-bond donors (Lipinski definition) is 2. The van der Waals surface area contributed by atoms with E-state index in [0.717, 1.165) is 17.7 Å². The molecule has 3 rings (SSSR count). The summed E-state index contributed by atoms with van der Waals surface area (Å²) in [5.41, 5.74) is 3.92. The Kier molecular flexibility index (Phi) is 4.74. The molecule has 2 aromatic carbocycles. The lowest BCUT2D eigenvalue weighted by atomic mass is 10.1. The predicted octanol–water partition coefficient (Wildman–Crippen LogP) is 3.84. The maximum Gasteiger partial charge on any atom is 0.228 e. The Bertz CT molecular complexity index is 782. The predicted molar refractivity (Wildman–Crippen MR) is 91.6 cm³/mol. The first-order chi connectivity index (χ1) is 11.2. The van der Waals surface area contributed by atoms with Gasteiger partial charge in [0.1, 0.15) is 0 Å². The molecule has 0 aliphatic heterocycles. The van der Waals surface area contributed by atoms with E-state index in [9.17, 15) is 4.79 Å². The zero-order valence-corrected chi connectivity index (χ0v) is 13.2. The van der Waals surface area contributed by atoms with Gasteiger partial charge in [0.05, 0.1) is 12.7 Å². The summed E-state index contributed by atoms with van der Waals surface area (Å²) >= 11 is 5.91. The number of H-pyrrole nitrogens is 1. The number of nitrogens with one attached hydrogen (secondary N) is 2. The van der Waals surface area contributed by atoms with Gasteiger partial charge in [0.2, 0.25) is 5.91 Å². The molecule has 0 saturated heterocycles. The largest absolute Gasteiger partial charge is 0.348 e. The van der Waals surface area contributed by atoms with Gasteiger partial charge < -0.3 is 10.3 Å². The van der Waals surface area contributed by atoms with Gasteiger partial charge in [-0.2, -0.15) is 0 Å². The summed E-state index contributed by atoms with van der Waals surface area (Å²) in [5, 5.41) is 3.45. The number of halogens is 1. The topological polar surface area (TPSA) is 57.8 Å². The van der Waals surface area contributed by atoms with Crippen molar-refractivity contribution in [3.63, 3.8) is 0 Å². The number of rotatable bonds is 5. The van der Waals surface area contributed by atoms with Crippen molar-refractivity contribution < 1.29 is 4.79 Å². The van der Waals surface area contributed by atoms with Gasteiger partial charge in [-0.25, -0.2) is 4.98 Å². The average molecular weight is 326 g/mol. The fourth-order valence-corrected chi connectivity index (χ4v) is 2.52. The van der Waals surface area contributed by atoms with E-state index in [1.165, 1.54) is 5.56 Å². The van der Waals surface area contributed by atoms with Gasteiger partial charge in [-0.3, -0.25) is 4.79 Å². The first-order valence-corrected chi connectivity index (χ1v) is 7.67. The summed E-state index contributed by atoms with van der Waals surface area (Å²) in [6.45, 7) is 0. The molecule has 0 aliphatic rings. The second-order valence-corrected chi connectivity index (χ2v) is 5.74. The van der Waals surface area contributed by atoms with Crippen molar-refractivity contribution >= 4 is 23.2 Å². The number of anilines is 1. The lowest BCUT2D eigenvalue weighted by Gasteiger charge is -2.06. The molecule has 0 fully saturated rings. The molecule has 1 amide bonds. The molecule has 5 heteroatoms. The van der Waals surface area contributed by atoms with Crippen LogP contribution in [0.4, 0.5) is 5.69 Å². The van der Waals surface area contributed by atoms with E-state index in [-0.39, 0.29) is 5.91 Å². The van der Waals surface area contributed by atoms with Crippen LogP contribution in [0.1, 0.15) is 16.8 Å². The molecule has 2 N–H and O–H groups in total. The molecule has 0 aliphatic carbocycles. The van der Waals surface area contributed by atoms with E-state index in [1.54, 1.807) is 18.5 Å². The first-order valence-electron chi connectivity index (χ1n) is 7.29. The SMILES string of the molecule is O=C(Cc1ccc(Cc2cnc[nH]2)cc1)Nc1cccc(Cl)c1. The number of aromatic nitrogens is 2. The van der Waals surface area contributed by atoms with Crippen molar-refractivity contribution in [3.8, 4) is 0 Å². The Labute approximate surface area is 139 Å². The third kappa shape index (κ3) is 4.44. The highest BCUT2D eigenvalue weighted by molar-refractivity contribution is 6.30. The van der Waals surface area contributed by atoms with Crippen LogP contribution in [0, 0.1) is 0 Å². The highest BCUT2D eigenvalue weighted by atomic mass is 35.5. The fourth-order valence-electron chi connectivity index (χ4n) is 2.33. The highest BCUT2D eigenvalue weighted by Gasteiger charge is 2.05. The molecule has 0 saturated carbocycles. The number of benzene rings is 2. The van der Waals surface area contributed by atoms with Crippen LogP contribution in [0.25, 0.3) is 0 Å². The molecule has 0 atom stereocenters. The molecule has 1 aromatic heterocycles. The fraction of sp³-hybridized carbons (Fsp3) is 0.111. The van der Waals surface area contributed by atoms with Crippen LogP contribution < -0.4 is 5.32 Å². The van der Waals surface area contributed by atoms with Gasteiger partial charge in [0, 0.05) is 29.0 Å². The highest BCUT2D eigenvalue weighted by Crippen LogP contribution is 2.15. The number of carbonyl (C=O) groups is 1. The Morgan fingerprint density at radius 2 is 1.91 bits per heavy atom. The van der Waals surface area contributed by atoms with Crippen molar-refractivity contribution in [2.24, 2.45) is 0 Å². The molecule has 0 spiro atoms. The average Bonchev–Trinajstić information content (AvgIpc) is 3.02. The monoisotopic (exact) mass is 325 g/mol. The molecule has 3 aromatic rings. The van der Waals surface area contributed by atoms with E-state index in [4.69, 9.17) is 11.6 Å².